The molecule has 13 heavy (non-hydrogen) atoms. The van der Waals surface area contributed by atoms with Crippen LogP contribution in [0.5, 0.6) is 0 Å². The van der Waals surface area contributed by atoms with E-state index in [0.717, 1.165) is 6.54 Å². The van der Waals surface area contributed by atoms with Crippen molar-refractivity contribution in [2.24, 2.45) is 0 Å². The Hall–Kier alpha value is -1.09. The lowest BCUT2D eigenvalue weighted by atomic mass is 10.0. The molecule has 1 aromatic heterocycles. The van der Waals surface area contributed by atoms with Gasteiger partial charge in [0.05, 0.1) is 23.8 Å². The monoisotopic (exact) mass is 179 g/mol. The Labute approximate surface area is 79.5 Å². The van der Waals surface area contributed by atoms with E-state index in [2.05, 4.69) is 35.3 Å². The third-order valence-electron chi connectivity index (χ3n) is 2.30. The summed E-state index contributed by atoms with van der Waals surface area (Å²) in [4.78, 5) is 4.13. The fourth-order valence-corrected chi connectivity index (χ4v) is 1.25. The van der Waals surface area contributed by atoms with Gasteiger partial charge in [-0.05, 0) is 20.9 Å². The lowest BCUT2D eigenvalue weighted by molar-refractivity contribution is 0.414. The number of nitrogens with one attached hydrogen (secondary N) is 1. The summed E-state index contributed by atoms with van der Waals surface area (Å²) in [5.41, 5.74) is 1.13. The normalized spacial score (nSPS) is 11.6. The molecule has 72 valence electrons. The van der Waals surface area contributed by atoms with E-state index in [0.29, 0.717) is 0 Å². The maximum atomic E-state index is 4.13. The van der Waals surface area contributed by atoms with E-state index in [9.17, 15) is 0 Å². The molecule has 0 unspecified atom stereocenters. The van der Waals surface area contributed by atoms with Crippen molar-refractivity contribution in [3.05, 3.63) is 30.9 Å². The Morgan fingerprint density at radius 3 is 2.92 bits per heavy atom. The van der Waals surface area contributed by atoms with Crippen LogP contribution in [0.1, 0.15) is 19.5 Å². The van der Waals surface area contributed by atoms with Gasteiger partial charge in [-0.15, -0.1) is 6.58 Å². The molecule has 0 aliphatic rings. The number of hydrogen-bond donors (Lipinski definition) is 1. The average molecular weight is 179 g/mol. The first-order valence-corrected chi connectivity index (χ1v) is 4.42. The summed E-state index contributed by atoms with van der Waals surface area (Å²) in [5, 5.41) is 3.25. The van der Waals surface area contributed by atoms with Crippen molar-refractivity contribution in [3.8, 4) is 0 Å². The SMILES string of the molecule is C=CCn1cncc1C(C)(C)NC. The molecular formula is C10H17N3. The largest absolute Gasteiger partial charge is 0.329 e. The van der Waals surface area contributed by atoms with Gasteiger partial charge in [0.1, 0.15) is 0 Å². The molecule has 0 radical (unpaired) electrons. The van der Waals surface area contributed by atoms with Gasteiger partial charge in [0.2, 0.25) is 0 Å². The Balaban J connectivity index is 2.99. The minimum absolute atomic E-state index is 0.0422. The second kappa shape index (κ2) is 3.75. The lowest BCUT2D eigenvalue weighted by Crippen LogP contribution is -2.35. The molecule has 0 atom stereocenters. The number of allylic oxidation sites excluding steroid dienone is 1. The molecule has 1 heterocycles. The van der Waals surface area contributed by atoms with E-state index in [4.69, 9.17) is 0 Å². The standard InChI is InChI=1S/C10H17N3/c1-5-6-13-8-12-7-9(13)10(2,3)11-4/h5,7-8,11H,1,6H2,2-4H3. The topological polar surface area (TPSA) is 29.9 Å². The van der Waals surface area contributed by atoms with Crippen LogP contribution in [0.3, 0.4) is 0 Å². The molecule has 1 N–H and O–H groups in total. The summed E-state index contributed by atoms with van der Waals surface area (Å²) in [5.74, 6) is 0. The summed E-state index contributed by atoms with van der Waals surface area (Å²) in [6, 6.07) is 0. The van der Waals surface area contributed by atoms with Crippen LogP contribution < -0.4 is 5.32 Å². The van der Waals surface area contributed by atoms with Crippen molar-refractivity contribution in [3.63, 3.8) is 0 Å². The molecule has 0 aromatic carbocycles. The zero-order chi connectivity index (χ0) is 9.90. The molecule has 0 spiro atoms. The summed E-state index contributed by atoms with van der Waals surface area (Å²) >= 11 is 0. The fourth-order valence-electron chi connectivity index (χ4n) is 1.25. The highest BCUT2D eigenvalue weighted by molar-refractivity contribution is 5.11. The van der Waals surface area contributed by atoms with E-state index >= 15 is 0 Å². The lowest BCUT2D eigenvalue weighted by Gasteiger charge is -2.24. The fraction of sp³-hybridized carbons (Fsp3) is 0.500. The molecule has 0 amide bonds. The molecule has 0 saturated heterocycles. The van der Waals surface area contributed by atoms with E-state index in [-0.39, 0.29) is 5.54 Å². The van der Waals surface area contributed by atoms with Crippen LogP contribution in [0.2, 0.25) is 0 Å². The first kappa shape index (κ1) is 9.99. The Morgan fingerprint density at radius 2 is 2.38 bits per heavy atom. The molecule has 0 aliphatic heterocycles. The van der Waals surface area contributed by atoms with Gasteiger partial charge in [0.25, 0.3) is 0 Å². The molecule has 0 saturated carbocycles. The van der Waals surface area contributed by atoms with Gasteiger partial charge in [0, 0.05) is 6.54 Å². The van der Waals surface area contributed by atoms with Crippen LogP contribution in [0.4, 0.5) is 0 Å². The Bertz CT molecular complexity index is 286. The quantitative estimate of drug-likeness (QED) is 0.710. The van der Waals surface area contributed by atoms with Gasteiger partial charge in [-0.3, -0.25) is 0 Å². The van der Waals surface area contributed by atoms with Crippen LogP contribution in [0, 0.1) is 0 Å². The van der Waals surface area contributed by atoms with Gasteiger partial charge in [0.15, 0.2) is 0 Å². The second-order valence-corrected chi connectivity index (χ2v) is 3.59. The van der Waals surface area contributed by atoms with Crippen LogP contribution in [-0.2, 0) is 12.1 Å². The summed E-state index contributed by atoms with van der Waals surface area (Å²) in [6.07, 6.45) is 5.59. The van der Waals surface area contributed by atoms with Gasteiger partial charge in [-0.2, -0.15) is 0 Å². The predicted octanol–water partition coefficient (Wildman–Crippen LogP) is 1.52. The van der Waals surface area contributed by atoms with Crippen LogP contribution in [-0.4, -0.2) is 16.6 Å². The van der Waals surface area contributed by atoms with Gasteiger partial charge >= 0.3 is 0 Å². The van der Waals surface area contributed by atoms with Gasteiger partial charge in [-0.25, -0.2) is 4.98 Å². The highest BCUT2D eigenvalue weighted by Gasteiger charge is 2.21. The van der Waals surface area contributed by atoms with Crippen LogP contribution in [0.15, 0.2) is 25.2 Å². The highest BCUT2D eigenvalue weighted by atomic mass is 15.1. The maximum absolute atomic E-state index is 4.13. The van der Waals surface area contributed by atoms with E-state index in [1.165, 1.54) is 5.69 Å². The van der Waals surface area contributed by atoms with Crippen molar-refractivity contribution in [1.82, 2.24) is 14.9 Å². The van der Waals surface area contributed by atoms with Crippen molar-refractivity contribution < 1.29 is 0 Å². The minimum Gasteiger partial charge on any atom is -0.329 e. The molecule has 1 aromatic rings. The Kier molecular flexibility index (Phi) is 2.88. The van der Waals surface area contributed by atoms with E-state index in [1.54, 1.807) is 0 Å². The summed E-state index contributed by atoms with van der Waals surface area (Å²) in [7, 11) is 1.95. The summed E-state index contributed by atoms with van der Waals surface area (Å²) in [6.45, 7) is 8.78. The first-order valence-electron chi connectivity index (χ1n) is 4.42. The van der Waals surface area contributed by atoms with Crippen LogP contribution in [0.25, 0.3) is 0 Å². The van der Waals surface area contributed by atoms with E-state index < -0.39 is 0 Å². The van der Waals surface area contributed by atoms with Crippen molar-refractivity contribution in [1.29, 1.82) is 0 Å². The maximum Gasteiger partial charge on any atom is 0.0951 e. The zero-order valence-corrected chi connectivity index (χ0v) is 8.54. The summed E-state index contributed by atoms with van der Waals surface area (Å²) < 4.78 is 2.09. The van der Waals surface area contributed by atoms with Crippen LogP contribution >= 0.6 is 0 Å². The van der Waals surface area contributed by atoms with Gasteiger partial charge < -0.3 is 9.88 Å². The first-order chi connectivity index (χ1) is 6.11. The number of hydrogen-bond acceptors (Lipinski definition) is 2. The Morgan fingerprint density at radius 1 is 1.69 bits per heavy atom. The smallest absolute Gasteiger partial charge is 0.0951 e. The van der Waals surface area contributed by atoms with Crippen molar-refractivity contribution in [2.75, 3.05) is 7.05 Å². The average Bonchev–Trinajstić information content (AvgIpc) is 2.54. The molecule has 1 rings (SSSR count). The molecule has 3 heteroatoms. The number of nitrogens with zero attached hydrogens (tertiary/aromatic N) is 2. The van der Waals surface area contributed by atoms with Crippen molar-refractivity contribution in [2.45, 2.75) is 25.9 Å². The number of aromatic nitrogens is 2. The van der Waals surface area contributed by atoms with E-state index in [1.807, 2.05) is 25.6 Å². The third kappa shape index (κ3) is 1.98. The number of rotatable bonds is 4. The molecule has 0 aliphatic carbocycles. The number of imidazole rings is 1. The third-order valence-corrected chi connectivity index (χ3v) is 2.30. The highest BCUT2D eigenvalue weighted by Crippen LogP contribution is 2.18. The van der Waals surface area contributed by atoms with Gasteiger partial charge in [-0.1, -0.05) is 6.08 Å². The second-order valence-electron chi connectivity index (χ2n) is 3.59. The molecular weight excluding hydrogens is 162 g/mol. The molecule has 0 fully saturated rings. The minimum atomic E-state index is -0.0422. The predicted molar refractivity (Wildman–Crippen MR) is 54.5 cm³/mol. The molecule has 3 nitrogen and oxygen atoms in total. The molecule has 0 bridgehead atoms. The zero-order valence-electron chi connectivity index (χ0n) is 8.54. The van der Waals surface area contributed by atoms with Crippen molar-refractivity contribution >= 4 is 0 Å².